The van der Waals surface area contributed by atoms with Crippen molar-refractivity contribution < 1.29 is 0 Å². The quantitative estimate of drug-likeness (QED) is 0.740. The van der Waals surface area contributed by atoms with Gasteiger partial charge < -0.3 is 4.90 Å². The largest absolute Gasteiger partial charge is 0.356 e. The Labute approximate surface area is 114 Å². The number of rotatable bonds is 3. The van der Waals surface area contributed by atoms with Crippen molar-refractivity contribution in [1.82, 2.24) is 4.90 Å². The van der Waals surface area contributed by atoms with Crippen molar-refractivity contribution in [2.24, 2.45) is 4.99 Å². The summed E-state index contributed by atoms with van der Waals surface area (Å²) in [5.74, 6) is 1.17. The topological polar surface area (TPSA) is 15.6 Å². The first kappa shape index (κ1) is 13.2. The third-order valence-corrected chi connectivity index (χ3v) is 3.30. The van der Waals surface area contributed by atoms with E-state index in [9.17, 15) is 0 Å². The monoisotopic (exact) mass is 262 g/mol. The van der Waals surface area contributed by atoms with Gasteiger partial charge in [-0.1, -0.05) is 23.8 Å². The smallest absolute Gasteiger partial charge is 0.105 e. The summed E-state index contributed by atoms with van der Waals surface area (Å²) in [6.45, 7) is 10.1. The second kappa shape index (κ2) is 5.57. The van der Waals surface area contributed by atoms with Crippen LogP contribution in [0.25, 0.3) is 0 Å². The fourth-order valence-corrected chi connectivity index (χ4v) is 2.45. The minimum Gasteiger partial charge on any atom is -0.356 e. The molecule has 1 heterocycles. The van der Waals surface area contributed by atoms with Crippen LogP contribution < -0.4 is 0 Å². The molecule has 0 unspecified atom stereocenters. The second-order valence-electron chi connectivity index (χ2n) is 4.94. The molecule has 1 fully saturated rings. The van der Waals surface area contributed by atoms with Crippen molar-refractivity contribution >= 4 is 23.1 Å². The van der Waals surface area contributed by atoms with E-state index in [0.29, 0.717) is 0 Å². The molecule has 1 aliphatic heterocycles. The Morgan fingerprint density at radius 1 is 1.50 bits per heavy atom. The molecular weight excluding hydrogens is 244 g/mol. The Morgan fingerprint density at radius 3 is 2.94 bits per heavy atom. The van der Waals surface area contributed by atoms with Crippen LogP contribution in [0.1, 0.15) is 25.3 Å². The number of benzene rings is 1. The van der Waals surface area contributed by atoms with E-state index in [-0.39, 0.29) is 0 Å². The van der Waals surface area contributed by atoms with Gasteiger partial charge in [0.2, 0.25) is 0 Å². The third kappa shape index (κ3) is 3.14. The van der Waals surface area contributed by atoms with Gasteiger partial charge in [0, 0.05) is 24.5 Å². The lowest BCUT2D eigenvalue weighted by Gasteiger charge is -2.19. The number of nitrogens with zero attached hydrogens (tertiary/aromatic N) is 2. The van der Waals surface area contributed by atoms with Crippen LogP contribution in [0.2, 0.25) is 5.02 Å². The first-order valence-electron chi connectivity index (χ1n) is 6.29. The van der Waals surface area contributed by atoms with Crippen molar-refractivity contribution in [3.05, 3.63) is 40.9 Å². The van der Waals surface area contributed by atoms with Crippen molar-refractivity contribution in [3.8, 4) is 0 Å². The fraction of sp³-hybridized carbons (Fsp3) is 0.400. The highest BCUT2D eigenvalue weighted by molar-refractivity contribution is 6.30. The zero-order chi connectivity index (χ0) is 13.1. The van der Waals surface area contributed by atoms with Crippen LogP contribution in [0, 0.1) is 6.92 Å². The molecule has 2 rings (SSSR count). The maximum Gasteiger partial charge on any atom is 0.105 e. The van der Waals surface area contributed by atoms with Crippen molar-refractivity contribution in [3.63, 3.8) is 0 Å². The Morgan fingerprint density at radius 2 is 2.28 bits per heavy atom. The number of hydrogen-bond donors (Lipinski definition) is 0. The predicted molar refractivity (Wildman–Crippen MR) is 78.9 cm³/mol. The molecule has 2 nitrogen and oxygen atoms in total. The van der Waals surface area contributed by atoms with Gasteiger partial charge in [-0.2, -0.15) is 0 Å². The molecule has 0 bridgehead atoms. The Kier molecular flexibility index (Phi) is 4.07. The van der Waals surface area contributed by atoms with Crippen LogP contribution in [0.3, 0.4) is 0 Å². The van der Waals surface area contributed by atoms with Gasteiger partial charge >= 0.3 is 0 Å². The highest BCUT2D eigenvalue weighted by atomic mass is 35.5. The summed E-state index contributed by atoms with van der Waals surface area (Å²) in [6.07, 6.45) is 2.23. The van der Waals surface area contributed by atoms with Gasteiger partial charge in [0.25, 0.3) is 0 Å². The van der Waals surface area contributed by atoms with Gasteiger partial charge in [-0.05, 0) is 44.0 Å². The van der Waals surface area contributed by atoms with Gasteiger partial charge in [0.15, 0.2) is 0 Å². The number of hydrogen-bond acceptors (Lipinski definition) is 1. The van der Waals surface area contributed by atoms with Gasteiger partial charge in [-0.3, -0.25) is 0 Å². The van der Waals surface area contributed by atoms with Crippen LogP contribution in [0.4, 0.5) is 5.69 Å². The summed E-state index contributed by atoms with van der Waals surface area (Å²) >= 11 is 5.96. The number of aryl methyl sites for hydroxylation is 1. The lowest BCUT2D eigenvalue weighted by molar-refractivity contribution is 0.491. The highest BCUT2D eigenvalue weighted by Gasteiger charge is 2.18. The maximum absolute atomic E-state index is 5.96. The maximum atomic E-state index is 5.96. The summed E-state index contributed by atoms with van der Waals surface area (Å²) in [7, 11) is 0. The summed E-state index contributed by atoms with van der Waals surface area (Å²) in [6, 6.07) is 5.84. The van der Waals surface area contributed by atoms with Crippen molar-refractivity contribution in [2.45, 2.75) is 26.7 Å². The summed E-state index contributed by atoms with van der Waals surface area (Å²) in [4.78, 5) is 7.09. The highest BCUT2D eigenvalue weighted by Crippen LogP contribution is 2.25. The van der Waals surface area contributed by atoms with Crippen molar-refractivity contribution in [1.29, 1.82) is 0 Å². The normalized spacial score (nSPS) is 17.5. The number of amidine groups is 1. The van der Waals surface area contributed by atoms with E-state index in [2.05, 4.69) is 18.4 Å². The number of aliphatic imine (C=N–C) groups is 1. The van der Waals surface area contributed by atoms with Gasteiger partial charge in [0.05, 0.1) is 5.69 Å². The summed E-state index contributed by atoms with van der Waals surface area (Å²) in [5.41, 5.74) is 3.32. The molecule has 0 N–H and O–H groups in total. The van der Waals surface area contributed by atoms with Crippen LogP contribution in [0.15, 0.2) is 35.3 Å². The predicted octanol–water partition coefficient (Wildman–Crippen LogP) is 4.35. The Bertz CT molecular complexity index is 491. The zero-order valence-corrected chi connectivity index (χ0v) is 11.8. The Hall–Kier alpha value is -1.28. The first-order chi connectivity index (χ1) is 8.56. The van der Waals surface area contributed by atoms with Crippen LogP contribution in [0.5, 0.6) is 0 Å². The molecule has 1 aromatic rings. The summed E-state index contributed by atoms with van der Waals surface area (Å²) < 4.78 is 0. The van der Waals surface area contributed by atoms with E-state index in [1.54, 1.807) is 0 Å². The third-order valence-electron chi connectivity index (χ3n) is 3.06. The van der Waals surface area contributed by atoms with Gasteiger partial charge in [-0.15, -0.1) is 0 Å². The molecule has 3 heteroatoms. The lowest BCUT2D eigenvalue weighted by atomic mass is 10.2. The molecule has 0 aliphatic carbocycles. The molecule has 0 atom stereocenters. The van der Waals surface area contributed by atoms with E-state index >= 15 is 0 Å². The molecule has 0 amide bonds. The van der Waals surface area contributed by atoms with Crippen LogP contribution in [-0.2, 0) is 0 Å². The SMILES string of the molecule is C=C(C)CN1CCCC1=Nc1ccc(Cl)cc1C. The molecule has 1 saturated heterocycles. The fourth-order valence-electron chi connectivity index (χ4n) is 2.22. The van der Waals surface area contributed by atoms with Crippen LogP contribution >= 0.6 is 11.6 Å². The molecule has 1 aliphatic rings. The van der Waals surface area contributed by atoms with E-state index in [1.807, 2.05) is 25.1 Å². The van der Waals surface area contributed by atoms with Gasteiger partial charge in [0.1, 0.15) is 5.84 Å². The average Bonchev–Trinajstić information content (AvgIpc) is 2.69. The second-order valence-corrected chi connectivity index (χ2v) is 5.38. The first-order valence-corrected chi connectivity index (χ1v) is 6.67. The number of likely N-dealkylation sites (tertiary alicyclic amines) is 1. The van der Waals surface area contributed by atoms with Crippen molar-refractivity contribution in [2.75, 3.05) is 13.1 Å². The molecule has 0 spiro atoms. The van der Waals surface area contributed by atoms with Gasteiger partial charge in [-0.25, -0.2) is 4.99 Å². The molecule has 0 radical (unpaired) electrons. The molecule has 0 aromatic heterocycles. The van der Waals surface area contributed by atoms with E-state index in [4.69, 9.17) is 16.6 Å². The average molecular weight is 263 g/mol. The standard InChI is InChI=1S/C15H19ClN2/c1-11(2)10-18-8-4-5-15(18)17-14-7-6-13(16)9-12(14)3/h6-7,9H,1,4-5,8,10H2,2-3H3. The zero-order valence-electron chi connectivity index (χ0n) is 11.0. The summed E-state index contributed by atoms with van der Waals surface area (Å²) in [5, 5.41) is 0.765. The minimum absolute atomic E-state index is 0.765. The molecular formula is C15H19ClN2. The van der Waals surface area contributed by atoms with E-state index < -0.39 is 0 Å². The number of halogens is 1. The van der Waals surface area contributed by atoms with Crippen LogP contribution in [-0.4, -0.2) is 23.8 Å². The molecule has 1 aromatic carbocycles. The minimum atomic E-state index is 0.765. The Balaban J connectivity index is 2.23. The lowest BCUT2D eigenvalue weighted by Crippen LogP contribution is -2.26. The molecule has 0 saturated carbocycles. The van der Waals surface area contributed by atoms with E-state index in [0.717, 1.165) is 35.8 Å². The molecule has 96 valence electrons. The van der Waals surface area contributed by atoms with E-state index in [1.165, 1.54) is 17.8 Å². The molecule has 18 heavy (non-hydrogen) atoms.